The molecule has 4 heteroatoms. The summed E-state index contributed by atoms with van der Waals surface area (Å²) < 4.78 is 4.78. The van der Waals surface area contributed by atoms with Crippen LogP contribution in [0.2, 0.25) is 0 Å². The summed E-state index contributed by atoms with van der Waals surface area (Å²) in [6.07, 6.45) is 0. The highest BCUT2D eigenvalue weighted by Gasteiger charge is 2.47. The van der Waals surface area contributed by atoms with Crippen LogP contribution in [0.15, 0.2) is 328 Å². The van der Waals surface area contributed by atoms with Gasteiger partial charge in [0.25, 0.3) is 0 Å². The largest absolute Gasteiger partial charge is 0.310 e. The lowest BCUT2D eigenvalue weighted by molar-refractivity contribution is 0.768. The first-order valence-electron chi connectivity index (χ1n) is 28.6. The topological polar surface area (TPSA) is 16.3 Å². The predicted octanol–water partition coefficient (Wildman–Crippen LogP) is 20.9. The minimum absolute atomic E-state index is 0.737. The van der Waals surface area contributed by atoms with Crippen molar-refractivity contribution in [2.24, 2.45) is 0 Å². The second-order valence-corrected chi connectivity index (χ2v) is 21.6. The van der Waals surface area contributed by atoms with Crippen molar-refractivity contribution >= 4 is 77.7 Å². The molecule has 2 aromatic heterocycles. The number of fused-ring (bicyclic) bond motifs is 9. The van der Waals surface area contributed by atoms with Crippen LogP contribution in [0, 0.1) is 0 Å². The number of para-hydroxylation sites is 6. The summed E-state index contributed by atoms with van der Waals surface area (Å²) >= 11 is 0. The zero-order chi connectivity index (χ0) is 54.8. The van der Waals surface area contributed by atoms with E-state index in [0.29, 0.717) is 0 Å². The van der Waals surface area contributed by atoms with E-state index in [1.807, 2.05) is 0 Å². The Morgan fingerprint density at radius 2 is 0.530 bits per heavy atom. The fourth-order valence-corrected chi connectivity index (χ4v) is 13.5. The minimum Gasteiger partial charge on any atom is -0.310 e. The molecule has 15 aromatic rings. The first kappa shape index (κ1) is 48.0. The van der Waals surface area contributed by atoms with Gasteiger partial charge in [0.15, 0.2) is 0 Å². The van der Waals surface area contributed by atoms with Crippen LogP contribution < -0.4 is 9.80 Å². The number of nitrogens with zero attached hydrogens (tertiary/aromatic N) is 4. The highest BCUT2D eigenvalue weighted by molar-refractivity contribution is 6.10. The van der Waals surface area contributed by atoms with Crippen molar-refractivity contribution in [2.75, 3.05) is 9.80 Å². The maximum absolute atomic E-state index is 2.48. The Balaban J connectivity index is 0.883. The molecule has 0 N–H and O–H groups in total. The van der Waals surface area contributed by atoms with Gasteiger partial charge < -0.3 is 18.9 Å². The molecule has 0 saturated carbocycles. The third kappa shape index (κ3) is 7.75. The Morgan fingerprint density at radius 1 is 0.229 bits per heavy atom. The molecule has 1 aliphatic carbocycles. The molecule has 0 saturated heterocycles. The summed E-state index contributed by atoms with van der Waals surface area (Å²) in [7, 11) is 0. The second-order valence-electron chi connectivity index (χ2n) is 21.6. The number of rotatable bonds is 11. The van der Waals surface area contributed by atoms with E-state index in [2.05, 4.69) is 347 Å². The molecule has 2 heterocycles. The van der Waals surface area contributed by atoms with Crippen molar-refractivity contribution in [3.63, 3.8) is 0 Å². The molecule has 0 fully saturated rings. The molecule has 13 aromatic carbocycles. The molecular weight excluding hydrogens is 1000 g/mol. The van der Waals surface area contributed by atoms with Gasteiger partial charge in [0.1, 0.15) is 0 Å². The Morgan fingerprint density at radius 3 is 0.928 bits per heavy atom. The van der Waals surface area contributed by atoms with E-state index >= 15 is 0 Å². The molecule has 0 unspecified atom stereocenters. The summed E-state index contributed by atoms with van der Waals surface area (Å²) in [5, 5.41) is 5.00. The molecular formula is C79H54N4. The van der Waals surface area contributed by atoms with E-state index in [1.54, 1.807) is 0 Å². The minimum atomic E-state index is -0.737. The number of hydrogen-bond acceptors (Lipinski definition) is 2. The number of anilines is 6. The number of aromatic nitrogens is 2. The van der Waals surface area contributed by atoms with E-state index in [0.717, 1.165) is 45.5 Å². The Labute approximate surface area is 482 Å². The van der Waals surface area contributed by atoms with Crippen molar-refractivity contribution in [3.05, 3.63) is 350 Å². The molecule has 16 rings (SSSR count). The predicted molar refractivity (Wildman–Crippen MR) is 347 cm³/mol. The maximum atomic E-state index is 2.48. The fourth-order valence-electron chi connectivity index (χ4n) is 13.5. The molecule has 0 bridgehead atoms. The third-order valence-corrected chi connectivity index (χ3v) is 17.2. The summed E-state index contributed by atoms with van der Waals surface area (Å²) in [4.78, 5) is 4.83. The van der Waals surface area contributed by atoms with Crippen molar-refractivity contribution < 1.29 is 0 Å². The lowest BCUT2D eigenvalue weighted by Crippen LogP contribution is -2.29. The van der Waals surface area contributed by atoms with Gasteiger partial charge in [-0.3, -0.25) is 0 Å². The van der Waals surface area contributed by atoms with Crippen LogP contribution in [-0.2, 0) is 5.41 Å². The van der Waals surface area contributed by atoms with Crippen molar-refractivity contribution in [3.8, 4) is 33.6 Å². The standard InChI is InChI=1S/C79H54N4/c1-5-21-55(22-6-1)56-37-39-58(40-38-56)79(57-23-7-2-8-24-57)73-53-65(80(59-25-9-3-10-26-59)61-41-45-63(46-42-61)82-75-33-17-13-29-69(75)70-30-14-18-34-76(70)82)49-51-67(73)68-52-50-66(54-74(68)79)81(60-27-11-4-12-28-60)62-43-47-64(48-44-62)83-77-35-19-15-31-71(77)72-32-16-20-36-78(72)83/h1-54H. The maximum Gasteiger partial charge on any atom is 0.0715 e. The van der Waals surface area contributed by atoms with Crippen LogP contribution in [0.4, 0.5) is 34.1 Å². The van der Waals surface area contributed by atoms with E-state index < -0.39 is 5.41 Å². The lowest BCUT2D eigenvalue weighted by atomic mass is 9.67. The molecule has 390 valence electrons. The second kappa shape index (κ2) is 19.7. The van der Waals surface area contributed by atoms with E-state index in [4.69, 9.17) is 0 Å². The van der Waals surface area contributed by atoms with Gasteiger partial charge in [0.05, 0.1) is 27.5 Å². The van der Waals surface area contributed by atoms with Crippen molar-refractivity contribution in [1.82, 2.24) is 9.13 Å². The summed E-state index contributed by atoms with van der Waals surface area (Å²) in [6, 6.07) is 120. The Bertz CT molecular complexity index is 4520. The highest BCUT2D eigenvalue weighted by atomic mass is 15.2. The summed E-state index contributed by atoms with van der Waals surface area (Å²) in [5.41, 5.74) is 22.3. The quantitative estimate of drug-likeness (QED) is 0.128. The Kier molecular flexibility index (Phi) is 11.4. The highest BCUT2D eigenvalue weighted by Crippen LogP contribution is 2.59. The first-order valence-corrected chi connectivity index (χ1v) is 28.6. The molecule has 0 aliphatic heterocycles. The van der Waals surface area contributed by atoms with E-state index in [-0.39, 0.29) is 0 Å². The summed E-state index contributed by atoms with van der Waals surface area (Å²) in [5.74, 6) is 0. The molecule has 4 nitrogen and oxygen atoms in total. The Hall–Kier alpha value is -10.9. The molecule has 1 aliphatic rings. The SMILES string of the molecule is c1ccc(-c2ccc(C3(c4ccccc4)c4cc(N(c5ccccc5)c5ccc(-n6c7ccccc7c7ccccc76)cc5)ccc4-c4ccc(N(c5ccccc5)c5ccc(-n6c7ccccc7c7ccccc76)cc5)cc43)cc2)cc1. The van der Waals surface area contributed by atoms with Gasteiger partial charge in [-0.25, -0.2) is 0 Å². The zero-order valence-corrected chi connectivity index (χ0v) is 45.5. The van der Waals surface area contributed by atoms with E-state index in [1.165, 1.54) is 88.1 Å². The molecule has 0 amide bonds. The van der Waals surface area contributed by atoms with Gasteiger partial charge in [-0.15, -0.1) is 0 Å². The smallest absolute Gasteiger partial charge is 0.0715 e. The lowest BCUT2D eigenvalue weighted by Gasteiger charge is -2.36. The van der Waals surface area contributed by atoms with Crippen LogP contribution in [0.1, 0.15) is 22.3 Å². The van der Waals surface area contributed by atoms with Crippen molar-refractivity contribution in [2.45, 2.75) is 5.41 Å². The van der Waals surface area contributed by atoms with E-state index in [9.17, 15) is 0 Å². The van der Waals surface area contributed by atoms with Crippen LogP contribution in [0.3, 0.4) is 0 Å². The molecule has 83 heavy (non-hydrogen) atoms. The normalized spacial score (nSPS) is 12.4. The van der Waals surface area contributed by atoms with Gasteiger partial charge in [0, 0.05) is 67.0 Å². The fraction of sp³-hybridized carbons (Fsp3) is 0.0127. The van der Waals surface area contributed by atoms with Gasteiger partial charge in [-0.05, 0) is 166 Å². The zero-order valence-electron chi connectivity index (χ0n) is 45.5. The van der Waals surface area contributed by atoms with Crippen molar-refractivity contribution in [1.29, 1.82) is 0 Å². The van der Waals surface area contributed by atoms with Crippen LogP contribution in [-0.4, -0.2) is 9.13 Å². The van der Waals surface area contributed by atoms with Gasteiger partial charge in [-0.2, -0.15) is 0 Å². The van der Waals surface area contributed by atoms with Crippen LogP contribution in [0.25, 0.3) is 77.2 Å². The summed E-state index contributed by atoms with van der Waals surface area (Å²) in [6.45, 7) is 0. The molecule has 0 spiro atoms. The van der Waals surface area contributed by atoms with Crippen LogP contribution in [0.5, 0.6) is 0 Å². The van der Waals surface area contributed by atoms with Crippen LogP contribution >= 0.6 is 0 Å². The molecule has 0 atom stereocenters. The number of benzene rings is 13. The monoisotopic (exact) mass is 1060 g/mol. The molecule has 0 radical (unpaired) electrons. The third-order valence-electron chi connectivity index (χ3n) is 17.2. The van der Waals surface area contributed by atoms with Gasteiger partial charge >= 0.3 is 0 Å². The average molecular weight is 1060 g/mol. The van der Waals surface area contributed by atoms with Gasteiger partial charge in [-0.1, -0.05) is 206 Å². The van der Waals surface area contributed by atoms with Gasteiger partial charge in [0.2, 0.25) is 0 Å². The number of hydrogen-bond donors (Lipinski definition) is 0. The first-order chi connectivity index (χ1) is 41.2. The average Bonchev–Trinajstić information content (AvgIpc) is 1.80.